The van der Waals surface area contributed by atoms with E-state index in [1.165, 1.54) is 0 Å². The lowest BCUT2D eigenvalue weighted by Gasteiger charge is -1.91. The van der Waals surface area contributed by atoms with Gasteiger partial charge in [-0.15, -0.1) is 0 Å². The smallest absolute Gasteiger partial charge is 0.227 e. The van der Waals surface area contributed by atoms with E-state index in [0.717, 1.165) is 11.8 Å². The fourth-order valence-corrected chi connectivity index (χ4v) is 0.632. The van der Waals surface area contributed by atoms with Crippen LogP contribution in [0.5, 0.6) is 0 Å². The van der Waals surface area contributed by atoms with Crippen molar-refractivity contribution in [3.8, 4) is 0 Å². The van der Waals surface area contributed by atoms with Crippen molar-refractivity contribution in [1.29, 1.82) is 0 Å². The number of thioether (sulfide) groups is 1. The Morgan fingerprint density at radius 3 is 2.33 bits per heavy atom. The van der Waals surface area contributed by atoms with E-state index in [0.29, 0.717) is 0 Å². The van der Waals surface area contributed by atoms with Gasteiger partial charge in [-0.05, 0) is 0 Å². The Hall–Kier alpha value is -0.550. The third kappa shape index (κ3) is 5.32. The molecule has 0 fully saturated rings. The summed E-state index contributed by atoms with van der Waals surface area (Å²) in [5.41, 5.74) is 9.68. The van der Waals surface area contributed by atoms with E-state index >= 15 is 0 Å². The Balaban J connectivity index is 3.28. The standard InChI is InChI=1S/C4H8N2O2S/c5-1-4(8)9-2-3(6)7/h1-2,5H2,(H2,6,7). The minimum Gasteiger partial charge on any atom is -0.369 e. The van der Waals surface area contributed by atoms with E-state index in [2.05, 4.69) is 0 Å². The van der Waals surface area contributed by atoms with Gasteiger partial charge in [-0.3, -0.25) is 9.59 Å². The first-order chi connectivity index (χ1) is 4.16. The summed E-state index contributed by atoms with van der Waals surface area (Å²) >= 11 is 0.846. The number of hydrogen-bond donors (Lipinski definition) is 2. The second kappa shape index (κ2) is 4.34. The first-order valence-corrected chi connectivity index (χ1v) is 3.29. The molecule has 5 heteroatoms. The summed E-state index contributed by atoms with van der Waals surface area (Å²) in [6.45, 7) is -0.0437. The van der Waals surface area contributed by atoms with Crippen LogP contribution < -0.4 is 11.5 Å². The lowest BCUT2D eigenvalue weighted by Crippen LogP contribution is -2.17. The third-order valence-corrected chi connectivity index (χ3v) is 1.46. The molecule has 0 heterocycles. The number of rotatable bonds is 3. The van der Waals surface area contributed by atoms with Gasteiger partial charge in [-0.2, -0.15) is 0 Å². The molecule has 0 aliphatic carbocycles. The van der Waals surface area contributed by atoms with Crippen molar-refractivity contribution >= 4 is 22.8 Å². The van der Waals surface area contributed by atoms with Gasteiger partial charge < -0.3 is 11.5 Å². The van der Waals surface area contributed by atoms with Gasteiger partial charge in [0.05, 0.1) is 12.3 Å². The zero-order chi connectivity index (χ0) is 7.28. The molecule has 0 saturated heterocycles. The number of amides is 1. The third-order valence-electron chi connectivity index (χ3n) is 0.542. The van der Waals surface area contributed by atoms with Crippen LogP contribution in [0.1, 0.15) is 0 Å². The molecule has 4 N–H and O–H groups in total. The van der Waals surface area contributed by atoms with Crippen LogP contribution >= 0.6 is 11.8 Å². The number of carbonyl (C=O) groups is 2. The van der Waals surface area contributed by atoms with Gasteiger partial charge in [0, 0.05) is 0 Å². The Morgan fingerprint density at radius 2 is 2.00 bits per heavy atom. The fourth-order valence-electron chi connectivity index (χ4n) is 0.211. The second-order valence-corrected chi connectivity index (χ2v) is 2.36. The zero-order valence-electron chi connectivity index (χ0n) is 4.79. The van der Waals surface area contributed by atoms with Crippen LogP contribution in [0.15, 0.2) is 0 Å². The molecule has 0 aromatic carbocycles. The van der Waals surface area contributed by atoms with Crippen LogP contribution in [0.4, 0.5) is 0 Å². The van der Waals surface area contributed by atoms with Crippen molar-refractivity contribution in [3.05, 3.63) is 0 Å². The monoisotopic (exact) mass is 148 g/mol. The van der Waals surface area contributed by atoms with Crippen LogP contribution in [0.25, 0.3) is 0 Å². The molecule has 0 unspecified atom stereocenters. The van der Waals surface area contributed by atoms with Crippen LogP contribution in [-0.2, 0) is 9.59 Å². The van der Waals surface area contributed by atoms with E-state index < -0.39 is 5.91 Å². The molecule has 0 rings (SSSR count). The highest BCUT2D eigenvalue weighted by molar-refractivity contribution is 8.14. The minimum absolute atomic E-state index is 0.0238. The molecule has 4 nitrogen and oxygen atoms in total. The fraction of sp³-hybridized carbons (Fsp3) is 0.500. The van der Waals surface area contributed by atoms with Crippen molar-refractivity contribution in [1.82, 2.24) is 0 Å². The van der Waals surface area contributed by atoms with E-state index in [1.807, 2.05) is 0 Å². The lowest BCUT2D eigenvalue weighted by molar-refractivity contribution is -0.116. The van der Waals surface area contributed by atoms with Gasteiger partial charge in [0.1, 0.15) is 0 Å². The number of hydrogen-bond acceptors (Lipinski definition) is 4. The first-order valence-electron chi connectivity index (χ1n) is 2.31. The van der Waals surface area contributed by atoms with Gasteiger partial charge in [0.25, 0.3) is 0 Å². The van der Waals surface area contributed by atoms with Gasteiger partial charge in [0.15, 0.2) is 0 Å². The Labute approximate surface area is 57.0 Å². The largest absolute Gasteiger partial charge is 0.369 e. The first kappa shape index (κ1) is 8.45. The topological polar surface area (TPSA) is 86.2 Å². The maximum atomic E-state index is 10.3. The quantitative estimate of drug-likeness (QED) is 0.520. The molecule has 52 valence electrons. The summed E-state index contributed by atoms with van der Waals surface area (Å²) < 4.78 is 0. The number of primary amides is 1. The van der Waals surface area contributed by atoms with Crippen LogP contribution in [0.3, 0.4) is 0 Å². The molecule has 0 aliphatic rings. The summed E-state index contributed by atoms with van der Waals surface area (Å²) in [5.74, 6) is -0.474. The van der Waals surface area contributed by atoms with E-state index in [4.69, 9.17) is 11.5 Å². The average Bonchev–Trinajstić information content (AvgIpc) is 1.83. The second-order valence-electron chi connectivity index (χ2n) is 1.33. The predicted molar refractivity (Wildman–Crippen MR) is 35.7 cm³/mol. The molecular weight excluding hydrogens is 140 g/mol. The lowest BCUT2D eigenvalue weighted by atomic mass is 10.8. The summed E-state index contributed by atoms with van der Waals surface area (Å²) in [7, 11) is 0. The normalized spacial score (nSPS) is 9.00. The molecule has 0 aromatic heterocycles. The van der Waals surface area contributed by atoms with Crippen LogP contribution in [0, 0.1) is 0 Å². The van der Waals surface area contributed by atoms with Crippen molar-refractivity contribution in [2.45, 2.75) is 0 Å². The van der Waals surface area contributed by atoms with Gasteiger partial charge >= 0.3 is 0 Å². The van der Waals surface area contributed by atoms with Crippen molar-refractivity contribution < 1.29 is 9.59 Å². The molecule has 0 spiro atoms. The molecular formula is C4H8N2O2S. The van der Waals surface area contributed by atoms with Gasteiger partial charge in [-0.1, -0.05) is 11.8 Å². The highest BCUT2D eigenvalue weighted by atomic mass is 32.2. The van der Waals surface area contributed by atoms with E-state index in [1.54, 1.807) is 0 Å². The Bertz CT molecular complexity index is 126. The SMILES string of the molecule is NCC(=O)SCC(N)=O. The average molecular weight is 148 g/mol. The van der Waals surface area contributed by atoms with E-state index in [-0.39, 0.29) is 17.4 Å². The van der Waals surface area contributed by atoms with Crippen LogP contribution in [0.2, 0.25) is 0 Å². The zero-order valence-corrected chi connectivity index (χ0v) is 5.61. The number of nitrogens with two attached hydrogens (primary N) is 2. The minimum atomic E-state index is -0.498. The molecule has 0 atom stereocenters. The van der Waals surface area contributed by atoms with Gasteiger partial charge in [0.2, 0.25) is 11.0 Å². The highest BCUT2D eigenvalue weighted by Crippen LogP contribution is 1.97. The molecule has 0 aliphatic heterocycles. The van der Waals surface area contributed by atoms with Crippen molar-refractivity contribution in [2.75, 3.05) is 12.3 Å². The number of carbonyl (C=O) groups excluding carboxylic acids is 2. The molecule has 9 heavy (non-hydrogen) atoms. The van der Waals surface area contributed by atoms with Gasteiger partial charge in [-0.25, -0.2) is 0 Å². The maximum Gasteiger partial charge on any atom is 0.227 e. The summed E-state index contributed by atoms with van der Waals surface area (Å²) in [4.78, 5) is 20.4. The molecule has 0 aromatic rings. The molecule has 1 amide bonds. The molecule has 0 radical (unpaired) electrons. The maximum absolute atomic E-state index is 10.3. The molecule has 0 bridgehead atoms. The summed E-state index contributed by atoms with van der Waals surface area (Å²) in [5, 5.41) is -0.214. The summed E-state index contributed by atoms with van der Waals surface area (Å²) in [6, 6.07) is 0. The molecule has 0 saturated carbocycles. The highest BCUT2D eigenvalue weighted by Gasteiger charge is 2.00. The van der Waals surface area contributed by atoms with Crippen LogP contribution in [-0.4, -0.2) is 23.3 Å². The summed E-state index contributed by atoms with van der Waals surface area (Å²) in [6.07, 6.45) is 0. The van der Waals surface area contributed by atoms with Crippen molar-refractivity contribution in [2.24, 2.45) is 11.5 Å². The predicted octanol–water partition coefficient (Wildman–Crippen LogP) is -1.31. The Kier molecular flexibility index (Phi) is 4.08. The van der Waals surface area contributed by atoms with E-state index in [9.17, 15) is 9.59 Å². The van der Waals surface area contributed by atoms with Crippen molar-refractivity contribution in [3.63, 3.8) is 0 Å². The Morgan fingerprint density at radius 1 is 1.44 bits per heavy atom.